The van der Waals surface area contributed by atoms with Gasteiger partial charge in [-0.05, 0) is 30.3 Å². The van der Waals surface area contributed by atoms with Crippen molar-refractivity contribution >= 4 is 10.0 Å². The summed E-state index contributed by atoms with van der Waals surface area (Å²) in [5, 5.41) is 8.28. The maximum atomic E-state index is 14.2. The number of hydrogen-bond donors (Lipinski definition) is 1. The van der Waals surface area contributed by atoms with Gasteiger partial charge < -0.3 is 0 Å². The van der Waals surface area contributed by atoms with Gasteiger partial charge in [-0.15, -0.1) is 0 Å². The molecule has 5 nitrogen and oxygen atoms in total. The third-order valence-corrected chi connectivity index (χ3v) is 5.19. The molecule has 0 aliphatic heterocycles. The normalized spacial score (nSPS) is 13.4. The molecular formula is C18H12F7N3O2S. The van der Waals surface area contributed by atoms with Crippen LogP contribution in [0.1, 0.15) is 5.69 Å². The molecule has 0 aliphatic rings. The molecule has 0 fully saturated rings. The fourth-order valence-corrected chi connectivity index (χ4v) is 3.18. The topological polar surface area (TPSA) is 78.0 Å². The molecule has 0 bridgehead atoms. The summed E-state index contributed by atoms with van der Waals surface area (Å²) in [5.41, 5.74) is -1.94. The van der Waals surface area contributed by atoms with Crippen LogP contribution in [0.5, 0.6) is 0 Å². The summed E-state index contributed by atoms with van der Waals surface area (Å²) in [4.78, 5) is -0.334. The third kappa shape index (κ3) is 4.02. The van der Waals surface area contributed by atoms with Gasteiger partial charge in [0.05, 0.1) is 16.3 Å². The van der Waals surface area contributed by atoms with Crippen LogP contribution in [0.25, 0.3) is 16.9 Å². The molecule has 2 N–H and O–H groups in total. The Labute approximate surface area is 171 Å². The molecular weight excluding hydrogens is 455 g/mol. The van der Waals surface area contributed by atoms with Crippen molar-refractivity contribution in [1.29, 1.82) is 0 Å². The Bertz CT molecular complexity index is 1190. The maximum Gasteiger partial charge on any atom is 0.460 e. The highest BCUT2D eigenvalue weighted by molar-refractivity contribution is 7.89. The van der Waals surface area contributed by atoms with Crippen LogP contribution < -0.4 is 5.14 Å². The zero-order chi connectivity index (χ0) is 23.2. The highest BCUT2D eigenvalue weighted by Crippen LogP contribution is 2.51. The second-order valence-electron chi connectivity index (χ2n) is 6.38. The monoisotopic (exact) mass is 467 g/mol. The zero-order valence-electron chi connectivity index (χ0n) is 15.1. The van der Waals surface area contributed by atoms with E-state index < -0.39 is 33.7 Å². The lowest BCUT2D eigenvalue weighted by atomic mass is 10.1. The summed E-state index contributed by atoms with van der Waals surface area (Å²) < 4.78 is 117. The fraction of sp³-hybridized carbons (Fsp3) is 0.167. The van der Waals surface area contributed by atoms with E-state index in [1.165, 1.54) is 24.3 Å². The smallest absolute Gasteiger partial charge is 0.233 e. The van der Waals surface area contributed by atoms with Gasteiger partial charge in [0.2, 0.25) is 10.0 Å². The van der Waals surface area contributed by atoms with Crippen LogP contribution in [-0.4, -0.2) is 30.3 Å². The first-order chi connectivity index (χ1) is 14.2. The Hall–Kier alpha value is -2.93. The number of nitrogens with zero attached hydrogens (tertiary/aromatic N) is 2. The Kier molecular flexibility index (Phi) is 5.39. The molecule has 31 heavy (non-hydrogen) atoms. The molecule has 0 saturated heterocycles. The number of hydrogen-bond acceptors (Lipinski definition) is 3. The molecule has 166 valence electrons. The van der Waals surface area contributed by atoms with Crippen molar-refractivity contribution in [3.05, 3.63) is 66.4 Å². The molecule has 3 aromatic rings. The van der Waals surface area contributed by atoms with E-state index in [9.17, 15) is 39.2 Å². The number of nitrogens with two attached hydrogens (primary N) is 1. The first-order valence-electron chi connectivity index (χ1n) is 8.28. The molecule has 0 unspecified atom stereocenters. The summed E-state index contributed by atoms with van der Waals surface area (Å²) in [6, 6.07) is 11.9. The van der Waals surface area contributed by atoms with Crippen LogP contribution in [0.15, 0.2) is 65.6 Å². The van der Waals surface area contributed by atoms with E-state index >= 15 is 0 Å². The molecule has 2 aromatic carbocycles. The summed E-state index contributed by atoms with van der Waals surface area (Å²) in [6.07, 6.45) is -6.52. The van der Waals surface area contributed by atoms with Crippen LogP contribution >= 0.6 is 0 Å². The number of primary sulfonamides is 1. The van der Waals surface area contributed by atoms with E-state index in [-0.39, 0.29) is 21.8 Å². The number of sulfonamides is 1. The van der Waals surface area contributed by atoms with Gasteiger partial charge in [-0.2, -0.15) is 35.8 Å². The van der Waals surface area contributed by atoms with Crippen LogP contribution in [0.2, 0.25) is 0 Å². The maximum absolute atomic E-state index is 14.2. The summed E-state index contributed by atoms with van der Waals surface area (Å²) in [7, 11) is -4.09. The molecule has 13 heteroatoms. The number of alkyl halides is 7. The van der Waals surface area contributed by atoms with Gasteiger partial charge in [0.15, 0.2) is 0 Å². The first kappa shape index (κ1) is 22.7. The Morgan fingerprint density at radius 2 is 1.39 bits per heavy atom. The SMILES string of the molecule is NS(=O)(=O)c1ccc(-n2nc(C(F)(F)C(F)(F)C(F)(F)F)cc2-c2ccccc2)cc1. The van der Waals surface area contributed by atoms with Gasteiger partial charge in [0.1, 0.15) is 5.69 Å². The molecule has 0 aliphatic carbocycles. The van der Waals surface area contributed by atoms with Crippen LogP contribution in [-0.2, 0) is 15.9 Å². The van der Waals surface area contributed by atoms with Gasteiger partial charge in [-0.3, -0.25) is 0 Å². The molecule has 1 heterocycles. The molecule has 1 aromatic heterocycles. The highest BCUT2D eigenvalue weighted by Gasteiger charge is 2.74. The van der Waals surface area contributed by atoms with Crippen molar-refractivity contribution in [3.63, 3.8) is 0 Å². The van der Waals surface area contributed by atoms with Gasteiger partial charge in [-0.25, -0.2) is 18.2 Å². The van der Waals surface area contributed by atoms with Crippen molar-refractivity contribution < 1.29 is 39.2 Å². The second kappa shape index (κ2) is 7.34. The predicted molar refractivity (Wildman–Crippen MR) is 95.3 cm³/mol. The molecule has 0 spiro atoms. The van der Waals surface area contributed by atoms with Crippen LogP contribution in [0.4, 0.5) is 30.7 Å². The van der Waals surface area contributed by atoms with Gasteiger partial charge in [0, 0.05) is 5.56 Å². The summed E-state index contributed by atoms with van der Waals surface area (Å²) >= 11 is 0. The van der Waals surface area contributed by atoms with E-state index in [0.717, 1.165) is 24.3 Å². The fourth-order valence-electron chi connectivity index (χ4n) is 2.66. The Balaban J connectivity index is 2.21. The minimum Gasteiger partial charge on any atom is -0.233 e. The highest BCUT2D eigenvalue weighted by atomic mass is 32.2. The molecule has 0 atom stereocenters. The number of halogens is 7. The van der Waals surface area contributed by atoms with E-state index in [1.807, 2.05) is 0 Å². The lowest BCUT2D eigenvalue weighted by Crippen LogP contribution is -2.50. The van der Waals surface area contributed by atoms with E-state index in [0.29, 0.717) is 10.7 Å². The third-order valence-electron chi connectivity index (χ3n) is 4.26. The predicted octanol–water partition coefficient (Wildman–Crippen LogP) is 4.48. The average molecular weight is 467 g/mol. The molecule has 0 radical (unpaired) electrons. The second-order valence-corrected chi connectivity index (χ2v) is 7.94. The summed E-state index contributed by atoms with van der Waals surface area (Å²) in [5.74, 6) is -12.1. The number of benzene rings is 2. The van der Waals surface area contributed by atoms with Crippen molar-refractivity contribution in [2.45, 2.75) is 22.9 Å². The minimum absolute atomic E-state index is 0.0800. The zero-order valence-corrected chi connectivity index (χ0v) is 15.9. The molecule has 0 saturated carbocycles. The Morgan fingerprint density at radius 3 is 1.87 bits per heavy atom. The lowest BCUT2D eigenvalue weighted by Gasteiger charge is -2.26. The van der Waals surface area contributed by atoms with Crippen molar-refractivity contribution in [1.82, 2.24) is 9.78 Å². The van der Waals surface area contributed by atoms with Gasteiger partial charge >= 0.3 is 18.0 Å². The van der Waals surface area contributed by atoms with E-state index in [2.05, 4.69) is 5.10 Å². The lowest BCUT2D eigenvalue weighted by molar-refractivity contribution is -0.360. The first-order valence-corrected chi connectivity index (χ1v) is 9.82. The standard InChI is InChI=1S/C18H12F7N3O2S/c19-16(20,17(21,22)18(23,24)25)15-10-14(11-4-2-1-3-5-11)28(27-15)12-6-8-13(9-7-12)31(26,29)30/h1-10H,(H2,26,29,30). The van der Waals surface area contributed by atoms with Gasteiger partial charge in [0.25, 0.3) is 0 Å². The molecule has 0 amide bonds. The van der Waals surface area contributed by atoms with Crippen LogP contribution in [0, 0.1) is 0 Å². The summed E-state index contributed by atoms with van der Waals surface area (Å²) in [6.45, 7) is 0. The van der Waals surface area contributed by atoms with Gasteiger partial charge in [-0.1, -0.05) is 30.3 Å². The van der Waals surface area contributed by atoms with Crippen molar-refractivity contribution in [3.8, 4) is 16.9 Å². The number of rotatable bonds is 5. The number of aromatic nitrogens is 2. The molecule has 3 rings (SSSR count). The Morgan fingerprint density at radius 1 is 0.839 bits per heavy atom. The van der Waals surface area contributed by atoms with Crippen LogP contribution in [0.3, 0.4) is 0 Å². The van der Waals surface area contributed by atoms with E-state index in [1.54, 1.807) is 6.07 Å². The van der Waals surface area contributed by atoms with Crippen molar-refractivity contribution in [2.75, 3.05) is 0 Å². The largest absolute Gasteiger partial charge is 0.460 e. The minimum atomic E-state index is -6.52. The van der Waals surface area contributed by atoms with E-state index in [4.69, 9.17) is 5.14 Å². The quantitative estimate of drug-likeness (QED) is 0.563. The van der Waals surface area contributed by atoms with Crippen molar-refractivity contribution in [2.24, 2.45) is 5.14 Å². The average Bonchev–Trinajstić information content (AvgIpc) is 3.13.